The lowest BCUT2D eigenvalue weighted by atomic mass is 10.2. The van der Waals surface area contributed by atoms with E-state index in [0.717, 1.165) is 4.90 Å². The number of hydrogen-bond acceptors (Lipinski definition) is 5. The van der Waals surface area contributed by atoms with Gasteiger partial charge in [-0.05, 0) is 25.1 Å². The second-order valence-corrected chi connectivity index (χ2v) is 5.37. The molecule has 0 atom stereocenters. The third-order valence-corrected chi connectivity index (χ3v) is 3.63. The number of hydrogen-bond donors (Lipinski definition) is 1. The molecule has 2 N–H and O–H groups in total. The van der Waals surface area contributed by atoms with E-state index in [1.54, 1.807) is 24.8 Å². The van der Waals surface area contributed by atoms with Gasteiger partial charge in [0, 0.05) is 10.6 Å². The lowest BCUT2D eigenvalue weighted by Gasteiger charge is -2.07. The van der Waals surface area contributed by atoms with Crippen LogP contribution >= 0.6 is 11.8 Å². The van der Waals surface area contributed by atoms with Crippen LogP contribution in [0.4, 0.5) is 5.69 Å². The lowest BCUT2D eigenvalue weighted by molar-refractivity contribution is 0.0529. The average molecular weight is 288 g/mol. The van der Waals surface area contributed by atoms with Crippen molar-refractivity contribution in [3.05, 3.63) is 53.9 Å². The summed E-state index contributed by atoms with van der Waals surface area (Å²) in [7, 11) is 0. The largest absolute Gasteiger partial charge is 0.461 e. The maximum absolute atomic E-state index is 11.9. The SMILES string of the molecule is Cc1ncc(N)cc1C(=O)OCCSc1ccccc1. The molecule has 0 aliphatic heterocycles. The van der Waals surface area contributed by atoms with E-state index in [1.807, 2.05) is 30.3 Å². The van der Waals surface area contributed by atoms with Crippen LogP contribution in [0.1, 0.15) is 16.1 Å². The highest BCUT2D eigenvalue weighted by Gasteiger charge is 2.11. The number of carbonyl (C=O) groups excluding carboxylic acids is 1. The highest BCUT2D eigenvalue weighted by molar-refractivity contribution is 7.99. The molecule has 2 aromatic rings. The van der Waals surface area contributed by atoms with Gasteiger partial charge in [0.15, 0.2) is 0 Å². The highest BCUT2D eigenvalue weighted by Crippen LogP contribution is 2.17. The molecule has 0 aliphatic carbocycles. The summed E-state index contributed by atoms with van der Waals surface area (Å²) in [6.45, 7) is 2.11. The fraction of sp³-hybridized carbons (Fsp3) is 0.200. The lowest BCUT2D eigenvalue weighted by Crippen LogP contribution is -2.11. The van der Waals surface area contributed by atoms with Gasteiger partial charge in [-0.2, -0.15) is 0 Å². The number of rotatable bonds is 5. The quantitative estimate of drug-likeness (QED) is 0.520. The molecule has 0 bridgehead atoms. The molecule has 5 heteroatoms. The van der Waals surface area contributed by atoms with Crippen LogP contribution in [0.15, 0.2) is 47.5 Å². The molecule has 0 saturated carbocycles. The first-order valence-electron chi connectivity index (χ1n) is 6.24. The van der Waals surface area contributed by atoms with Gasteiger partial charge in [-0.15, -0.1) is 11.8 Å². The summed E-state index contributed by atoms with van der Waals surface area (Å²) in [5.41, 5.74) is 7.13. The second kappa shape index (κ2) is 6.96. The minimum absolute atomic E-state index is 0.354. The average Bonchev–Trinajstić information content (AvgIpc) is 2.47. The molecule has 104 valence electrons. The van der Waals surface area contributed by atoms with Crippen LogP contribution in [0.25, 0.3) is 0 Å². The number of aryl methyl sites for hydroxylation is 1. The van der Waals surface area contributed by atoms with Gasteiger partial charge < -0.3 is 10.5 Å². The Morgan fingerprint density at radius 2 is 2.10 bits per heavy atom. The first kappa shape index (κ1) is 14.4. The molecule has 1 aromatic carbocycles. The van der Waals surface area contributed by atoms with Crippen LogP contribution in [0, 0.1) is 6.92 Å². The first-order valence-corrected chi connectivity index (χ1v) is 7.22. The fourth-order valence-corrected chi connectivity index (χ4v) is 2.40. The van der Waals surface area contributed by atoms with E-state index < -0.39 is 0 Å². The second-order valence-electron chi connectivity index (χ2n) is 4.20. The molecule has 0 amide bonds. The van der Waals surface area contributed by atoms with E-state index in [1.165, 1.54) is 6.20 Å². The molecule has 1 aromatic heterocycles. The van der Waals surface area contributed by atoms with Crippen molar-refractivity contribution in [2.24, 2.45) is 0 Å². The van der Waals surface area contributed by atoms with Crippen molar-refractivity contribution in [2.45, 2.75) is 11.8 Å². The van der Waals surface area contributed by atoms with Crippen molar-refractivity contribution >= 4 is 23.4 Å². The van der Waals surface area contributed by atoms with Crippen molar-refractivity contribution in [2.75, 3.05) is 18.1 Å². The topological polar surface area (TPSA) is 65.2 Å². The Labute approximate surface area is 122 Å². The number of nitrogens with two attached hydrogens (primary N) is 1. The van der Waals surface area contributed by atoms with Crippen molar-refractivity contribution in [1.29, 1.82) is 0 Å². The summed E-state index contributed by atoms with van der Waals surface area (Å²) < 4.78 is 5.23. The standard InChI is InChI=1S/C15H16N2O2S/c1-11-14(9-12(16)10-17-11)15(18)19-7-8-20-13-5-3-2-4-6-13/h2-6,9-10H,7-8,16H2,1H3. The van der Waals surface area contributed by atoms with E-state index >= 15 is 0 Å². The summed E-state index contributed by atoms with van der Waals surface area (Å²) in [4.78, 5) is 17.1. The molecule has 0 radical (unpaired) electrons. The summed E-state index contributed by atoms with van der Waals surface area (Å²) in [6, 6.07) is 11.6. The van der Waals surface area contributed by atoms with Crippen molar-refractivity contribution in [1.82, 2.24) is 4.98 Å². The number of carbonyl (C=O) groups is 1. The summed E-state index contributed by atoms with van der Waals surface area (Å²) >= 11 is 1.65. The van der Waals surface area contributed by atoms with Gasteiger partial charge in [0.25, 0.3) is 0 Å². The van der Waals surface area contributed by atoms with Crippen molar-refractivity contribution < 1.29 is 9.53 Å². The number of aromatic nitrogens is 1. The Morgan fingerprint density at radius 1 is 1.35 bits per heavy atom. The molecule has 0 unspecified atom stereocenters. The summed E-state index contributed by atoms with van der Waals surface area (Å²) in [5, 5.41) is 0. The van der Waals surface area contributed by atoms with Gasteiger partial charge in [0.2, 0.25) is 0 Å². The van der Waals surface area contributed by atoms with E-state index in [2.05, 4.69) is 4.98 Å². The fourth-order valence-electron chi connectivity index (χ4n) is 1.64. The Kier molecular flexibility index (Phi) is 5.01. The number of ether oxygens (including phenoxy) is 1. The predicted molar refractivity (Wildman–Crippen MR) is 80.8 cm³/mol. The maximum Gasteiger partial charge on any atom is 0.340 e. The number of esters is 1. The molecule has 2 rings (SSSR count). The monoisotopic (exact) mass is 288 g/mol. The Bertz CT molecular complexity index is 588. The number of benzene rings is 1. The Hall–Kier alpha value is -2.01. The molecule has 20 heavy (non-hydrogen) atoms. The molecule has 0 saturated heterocycles. The third kappa shape index (κ3) is 3.99. The van der Waals surface area contributed by atoms with Gasteiger partial charge >= 0.3 is 5.97 Å². The van der Waals surface area contributed by atoms with E-state index in [4.69, 9.17) is 10.5 Å². The zero-order valence-corrected chi connectivity index (χ0v) is 12.0. The van der Waals surface area contributed by atoms with Crippen molar-refractivity contribution in [3.8, 4) is 0 Å². The molecule has 4 nitrogen and oxygen atoms in total. The van der Waals surface area contributed by atoms with Gasteiger partial charge in [-0.1, -0.05) is 18.2 Å². The smallest absolute Gasteiger partial charge is 0.340 e. The number of nitrogen functional groups attached to an aromatic ring is 1. The number of nitrogens with zero attached hydrogens (tertiary/aromatic N) is 1. The molecule has 0 fully saturated rings. The van der Waals surface area contributed by atoms with Crippen molar-refractivity contribution in [3.63, 3.8) is 0 Å². The van der Waals surface area contributed by atoms with Crippen LogP contribution in [-0.4, -0.2) is 23.3 Å². The van der Waals surface area contributed by atoms with Crippen LogP contribution < -0.4 is 5.73 Å². The van der Waals surface area contributed by atoms with Crippen LogP contribution in [0.2, 0.25) is 0 Å². The van der Waals surface area contributed by atoms with Crippen LogP contribution in [0.5, 0.6) is 0 Å². The maximum atomic E-state index is 11.9. The van der Waals surface area contributed by atoms with Gasteiger partial charge in [-0.25, -0.2) is 4.79 Å². The third-order valence-electron chi connectivity index (χ3n) is 2.66. The molecular formula is C15H16N2O2S. The highest BCUT2D eigenvalue weighted by atomic mass is 32.2. The Balaban J connectivity index is 1.82. The van der Waals surface area contributed by atoms with Gasteiger partial charge in [0.05, 0.1) is 23.1 Å². The molecular weight excluding hydrogens is 272 g/mol. The molecule has 0 aliphatic rings. The van der Waals surface area contributed by atoms with E-state index in [0.29, 0.717) is 29.3 Å². The zero-order valence-electron chi connectivity index (χ0n) is 11.2. The van der Waals surface area contributed by atoms with Crippen LogP contribution in [-0.2, 0) is 4.74 Å². The van der Waals surface area contributed by atoms with Gasteiger partial charge in [0.1, 0.15) is 6.61 Å². The molecule has 1 heterocycles. The minimum atomic E-state index is -0.379. The minimum Gasteiger partial charge on any atom is -0.461 e. The normalized spacial score (nSPS) is 10.2. The van der Waals surface area contributed by atoms with E-state index in [9.17, 15) is 4.79 Å². The zero-order chi connectivity index (χ0) is 14.4. The first-order chi connectivity index (χ1) is 9.66. The van der Waals surface area contributed by atoms with E-state index in [-0.39, 0.29) is 5.97 Å². The number of thioether (sulfide) groups is 1. The predicted octanol–water partition coefficient (Wildman–Crippen LogP) is 2.92. The summed E-state index contributed by atoms with van der Waals surface area (Å²) in [6.07, 6.45) is 1.53. The number of pyridine rings is 1. The van der Waals surface area contributed by atoms with Crippen LogP contribution in [0.3, 0.4) is 0 Å². The summed E-state index contributed by atoms with van der Waals surface area (Å²) in [5.74, 6) is 0.334. The number of anilines is 1. The Morgan fingerprint density at radius 3 is 2.85 bits per heavy atom. The van der Waals surface area contributed by atoms with Gasteiger partial charge in [-0.3, -0.25) is 4.98 Å². The molecule has 0 spiro atoms.